The van der Waals surface area contributed by atoms with Crippen LogP contribution in [0.2, 0.25) is 0 Å². The molecule has 0 unspecified atom stereocenters. The predicted octanol–water partition coefficient (Wildman–Crippen LogP) is 5.79. The molecule has 0 radical (unpaired) electrons. The molecule has 3 nitrogen and oxygen atoms in total. The number of unbranched alkanes of at least 4 members (excludes halogenated alkanes) is 3. The standard InChI is InChI=1S/C25H35NO2S/c1-2-3-4-11-16-29-25-21(20-14-9-6-10-15-20)17-22(25)23(27)26(24(25)28)18-19-12-7-5-8-13-19/h6,9-10,14-15,19,21-22H,2-5,7-8,11-13,16-18H2,1H3/t21-,22+,25-/m0/s1. The van der Waals surface area contributed by atoms with E-state index in [0.717, 1.165) is 18.6 Å². The Balaban J connectivity index is 1.53. The fraction of sp³-hybridized carbons (Fsp3) is 0.680. The lowest BCUT2D eigenvalue weighted by Crippen LogP contribution is -2.54. The topological polar surface area (TPSA) is 37.4 Å². The number of fused-ring (bicyclic) bond motifs is 1. The number of imide groups is 1. The van der Waals surface area contributed by atoms with Crippen LogP contribution in [0, 0.1) is 11.8 Å². The zero-order valence-electron chi connectivity index (χ0n) is 17.8. The van der Waals surface area contributed by atoms with Gasteiger partial charge in [-0.25, -0.2) is 0 Å². The summed E-state index contributed by atoms with van der Waals surface area (Å²) in [6.07, 6.45) is 11.8. The Kier molecular flexibility index (Phi) is 6.68. The summed E-state index contributed by atoms with van der Waals surface area (Å²) >= 11 is 1.80. The number of benzene rings is 1. The van der Waals surface area contributed by atoms with Crippen LogP contribution in [-0.2, 0) is 9.59 Å². The summed E-state index contributed by atoms with van der Waals surface area (Å²) in [7, 11) is 0. The molecule has 3 aliphatic rings. The van der Waals surface area contributed by atoms with E-state index in [2.05, 4.69) is 31.2 Å². The fourth-order valence-electron chi connectivity index (χ4n) is 5.65. The van der Waals surface area contributed by atoms with Crippen LogP contribution in [0.1, 0.15) is 82.6 Å². The largest absolute Gasteiger partial charge is 0.281 e. The molecule has 1 aromatic carbocycles. The number of hydrogen-bond donors (Lipinski definition) is 0. The third-order valence-electron chi connectivity index (χ3n) is 7.36. The summed E-state index contributed by atoms with van der Waals surface area (Å²) in [4.78, 5) is 28.7. The van der Waals surface area contributed by atoms with Gasteiger partial charge in [0.1, 0.15) is 4.75 Å². The summed E-state index contributed by atoms with van der Waals surface area (Å²) in [5.41, 5.74) is 1.23. The maximum atomic E-state index is 13.8. The van der Waals surface area contributed by atoms with Gasteiger partial charge in [-0.15, -0.1) is 11.8 Å². The highest BCUT2D eigenvalue weighted by atomic mass is 32.2. The van der Waals surface area contributed by atoms with E-state index in [-0.39, 0.29) is 23.7 Å². The van der Waals surface area contributed by atoms with Crippen molar-refractivity contribution >= 4 is 23.6 Å². The van der Waals surface area contributed by atoms with Gasteiger partial charge in [0.25, 0.3) is 0 Å². The van der Waals surface area contributed by atoms with Crippen molar-refractivity contribution in [1.82, 2.24) is 4.90 Å². The number of carbonyl (C=O) groups is 2. The summed E-state index contributed by atoms with van der Waals surface area (Å²) in [6, 6.07) is 10.4. The summed E-state index contributed by atoms with van der Waals surface area (Å²) in [5.74, 6) is 1.80. The Labute approximate surface area is 180 Å². The van der Waals surface area contributed by atoms with Gasteiger partial charge in [0.05, 0.1) is 5.92 Å². The number of thioether (sulfide) groups is 1. The van der Waals surface area contributed by atoms with E-state index < -0.39 is 4.75 Å². The van der Waals surface area contributed by atoms with Crippen LogP contribution in [0.15, 0.2) is 30.3 Å². The first-order chi connectivity index (χ1) is 14.2. The van der Waals surface area contributed by atoms with Gasteiger partial charge in [-0.05, 0) is 42.9 Å². The molecule has 1 aromatic rings. The second-order valence-corrected chi connectivity index (χ2v) is 10.6. The van der Waals surface area contributed by atoms with Crippen molar-refractivity contribution in [2.24, 2.45) is 11.8 Å². The van der Waals surface area contributed by atoms with Gasteiger partial charge in [-0.3, -0.25) is 14.5 Å². The molecular weight excluding hydrogens is 378 g/mol. The summed E-state index contributed by atoms with van der Waals surface area (Å²) in [6.45, 7) is 2.88. The van der Waals surface area contributed by atoms with Gasteiger partial charge in [-0.2, -0.15) is 0 Å². The number of likely N-dealkylation sites (tertiary alicyclic amines) is 1. The minimum absolute atomic E-state index is 0.111. The normalized spacial score (nSPS) is 29.8. The molecule has 29 heavy (non-hydrogen) atoms. The van der Waals surface area contributed by atoms with Crippen molar-refractivity contribution in [3.63, 3.8) is 0 Å². The fourth-order valence-corrected chi connectivity index (χ4v) is 7.40. The maximum Gasteiger partial charge on any atom is 0.246 e. The summed E-state index contributed by atoms with van der Waals surface area (Å²) in [5, 5.41) is 0. The highest BCUT2D eigenvalue weighted by Gasteiger charge is 2.70. The molecule has 2 aliphatic carbocycles. The molecule has 1 heterocycles. The number of hydrogen-bond acceptors (Lipinski definition) is 3. The van der Waals surface area contributed by atoms with Crippen molar-refractivity contribution in [2.45, 2.75) is 81.8 Å². The average Bonchev–Trinajstić information content (AvgIpc) is 2.88. The predicted molar refractivity (Wildman–Crippen MR) is 120 cm³/mol. The Morgan fingerprint density at radius 3 is 2.48 bits per heavy atom. The zero-order valence-corrected chi connectivity index (χ0v) is 18.6. The average molecular weight is 414 g/mol. The highest BCUT2D eigenvalue weighted by Crippen LogP contribution is 2.63. The van der Waals surface area contributed by atoms with Crippen molar-refractivity contribution < 1.29 is 9.59 Å². The third-order valence-corrected chi connectivity index (χ3v) is 9.07. The monoisotopic (exact) mass is 413 g/mol. The molecule has 2 saturated carbocycles. The van der Waals surface area contributed by atoms with E-state index >= 15 is 0 Å². The molecule has 2 amide bonds. The van der Waals surface area contributed by atoms with Gasteiger partial charge < -0.3 is 0 Å². The van der Waals surface area contributed by atoms with Crippen LogP contribution in [0.25, 0.3) is 0 Å². The minimum Gasteiger partial charge on any atom is -0.281 e. The Morgan fingerprint density at radius 1 is 1.00 bits per heavy atom. The van der Waals surface area contributed by atoms with Gasteiger partial charge >= 0.3 is 0 Å². The molecule has 158 valence electrons. The lowest BCUT2D eigenvalue weighted by Gasteiger charge is -2.48. The molecule has 0 spiro atoms. The van der Waals surface area contributed by atoms with Crippen LogP contribution < -0.4 is 0 Å². The lowest BCUT2D eigenvalue weighted by atomic mass is 9.62. The quantitative estimate of drug-likeness (QED) is 0.380. The number of carbonyl (C=O) groups excluding carboxylic acids is 2. The molecule has 4 heteroatoms. The van der Waals surface area contributed by atoms with Crippen molar-refractivity contribution in [2.75, 3.05) is 12.3 Å². The van der Waals surface area contributed by atoms with E-state index in [9.17, 15) is 9.59 Å². The van der Waals surface area contributed by atoms with E-state index in [1.165, 1.54) is 56.9 Å². The van der Waals surface area contributed by atoms with Crippen LogP contribution in [-0.4, -0.2) is 33.8 Å². The van der Waals surface area contributed by atoms with Crippen LogP contribution in [0.3, 0.4) is 0 Å². The zero-order chi connectivity index (χ0) is 20.3. The summed E-state index contributed by atoms with van der Waals surface area (Å²) < 4.78 is -0.542. The number of rotatable bonds is 9. The Morgan fingerprint density at radius 2 is 1.76 bits per heavy atom. The van der Waals surface area contributed by atoms with Gasteiger partial charge in [0, 0.05) is 12.5 Å². The lowest BCUT2D eigenvalue weighted by molar-refractivity contribution is -0.140. The van der Waals surface area contributed by atoms with Gasteiger partial charge in [0.15, 0.2) is 0 Å². The molecule has 0 bridgehead atoms. The van der Waals surface area contributed by atoms with Crippen molar-refractivity contribution in [1.29, 1.82) is 0 Å². The minimum atomic E-state index is -0.542. The Bertz CT molecular complexity index is 715. The molecule has 0 aromatic heterocycles. The molecule has 1 saturated heterocycles. The molecule has 4 rings (SSSR count). The van der Waals surface area contributed by atoms with E-state index in [1.807, 2.05) is 6.07 Å². The first kappa shape index (κ1) is 21.0. The Hall–Kier alpha value is -1.29. The second kappa shape index (κ2) is 9.24. The van der Waals surface area contributed by atoms with Crippen LogP contribution >= 0.6 is 11.8 Å². The van der Waals surface area contributed by atoms with Gasteiger partial charge in [-0.1, -0.05) is 75.8 Å². The highest BCUT2D eigenvalue weighted by molar-refractivity contribution is 8.01. The third kappa shape index (κ3) is 3.89. The van der Waals surface area contributed by atoms with Crippen LogP contribution in [0.5, 0.6) is 0 Å². The first-order valence-corrected chi connectivity index (χ1v) is 12.7. The number of nitrogens with zero attached hydrogens (tertiary/aromatic N) is 1. The molecule has 1 aliphatic heterocycles. The molecule has 3 atom stereocenters. The van der Waals surface area contributed by atoms with Crippen molar-refractivity contribution in [3.8, 4) is 0 Å². The maximum absolute atomic E-state index is 13.8. The number of amides is 2. The van der Waals surface area contributed by atoms with Crippen LogP contribution in [0.4, 0.5) is 0 Å². The first-order valence-electron chi connectivity index (χ1n) is 11.7. The van der Waals surface area contributed by atoms with E-state index in [4.69, 9.17) is 0 Å². The van der Waals surface area contributed by atoms with Gasteiger partial charge in [0.2, 0.25) is 11.8 Å². The second-order valence-electron chi connectivity index (χ2n) is 9.21. The SMILES string of the molecule is CCCCCCS[C@]12C(=O)N(CC3CCCCC3)C(=O)[C@H]1C[C@H]2c1ccccc1. The molecular formula is C25H35NO2S. The molecule has 3 fully saturated rings. The molecule has 0 N–H and O–H groups in total. The van der Waals surface area contributed by atoms with Crippen molar-refractivity contribution in [3.05, 3.63) is 35.9 Å². The van der Waals surface area contributed by atoms with E-state index in [0.29, 0.717) is 12.5 Å². The smallest absolute Gasteiger partial charge is 0.246 e. The van der Waals surface area contributed by atoms with E-state index in [1.54, 1.807) is 16.7 Å².